The van der Waals surface area contributed by atoms with E-state index < -0.39 is 5.97 Å². The fraction of sp³-hybridized carbons (Fsp3) is 0.486. The van der Waals surface area contributed by atoms with Gasteiger partial charge in [-0.3, -0.25) is 14.5 Å². The van der Waals surface area contributed by atoms with Gasteiger partial charge in [-0.05, 0) is 92.2 Å². The minimum absolute atomic E-state index is 0.0120. The van der Waals surface area contributed by atoms with Crippen molar-refractivity contribution in [3.63, 3.8) is 0 Å². The largest absolute Gasteiger partial charge is 0.497 e. The molecular formula is C35H44N4O5. The Morgan fingerprint density at radius 1 is 1.00 bits per heavy atom. The lowest BCUT2D eigenvalue weighted by atomic mass is 9.92. The lowest BCUT2D eigenvalue weighted by Gasteiger charge is -2.36. The zero-order valence-corrected chi connectivity index (χ0v) is 26.2. The van der Waals surface area contributed by atoms with Gasteiger partial charge in [-0.2, -0.15) is 0 Å². The Balaban J connectivity index is 1.27. The summed E-state index contributed by atoms with van der Waals surface area (Å²) < 4.78 is 11.7. The smallest absolute Gasteiger partial charge is 0.303 e. The van der Waals surface area contributed by atoms with Crippen LogP contribution in [0.2, 0.25) is 0 Å². The second-order valence-corrected chi connectivity index (χ2v) is 12.4. The summed E-state index contributed by atoms with van der Waals surface area (Å²) in [5.41, 5.74) is 2.49. The Morgan fingerprint density at radius 2 is 1.77 bits per heavy atom. The van der Waals surface area contributed by atoms with Crippen molar-refractivity contribution in [3.05, 3.63) is 72.1 Å². The van der Waals surface area contributed by atoms with Crippen LogP contribution in [0.3, 0.4) is 0 Å². The molecule has 0 radical (unpaired) electrons. The first-order valence-corrected chi connectivity index (χ1v) is 15.7. The number of pyridine rings is 2. The van der Waals surface area contributed by atoms with Crippen LogP contribution in [0, 0.1) is 17.8 Å². The van der Waals surface area contributed by atoms with Gasteiger partial charge in [-0.1, -0.05) is 19.9 Å². The van der Waals surface area contributed by atoms with Gasteiger partial charge in [0.15, 0.2) is 0 Å². The van der Waals surface area contributed by atoms with Gasteiger partial charge in [0.25, 0.3) is 5.91 Å². The summed E-state index contributed by atoms with van der Waals surface area (Å²) in [7, 11) is 1.64. The first-order chi connectivity index (χ1) is 21.2. The van der Waals surface area contributed by atoms with E-state index in [9.17, 15) is 14.7 Å². The predicted octanol–water partition coefficient (Wildman–Crippen LogP) is 6.44. The molecule has 1 aromatic carbocycles. The third-order valence-corrected chi connectivity index (χ3v) is 9.12. The number of nitrogens with zero attached hydrogens (tertiary/aromatic N) is 4. The Kier molecular flexibility index (Phi) is 10.0. The molecule has 234 valence electrons. The molecule has 1 saturated heterocycles. The minimum Gasteiger partial charge on any atom is -0.497 e. The van der Waals surface area contributed by atoms with E-state index in [1.807, 2.05) is 53.4 Å². The van der Waals surface area contributed by atoms with Crippen molar-refractivity contribution in [1.82, 2.24) is 9.97 Å². The monoisotopic (exact) mass is 600 g/mol. The van der Waals surface area contributed by atoms with E-state index in [0.29, 0.717) is 41.5 Å². The number of hydrogen-bond acceptors (Lipinski definition) is 7. The van der Waals surface area contributed by atoms with Gasteiger partial charge < -0.3 is 19.5 Å². The number of hydrogen-bond donors (Lipinski definition) is 1. The first-order valence-electron chi connectivity index (χ1n) is 15.7. The first kappa shape index (κ1) is 31.3. The highest BCUT2D eigenvalue weighted by Gasteiger charge is 2.34. The number of aromatic nitrogens is 2. The van der Waals surface area contributed by atoms with Crippen molar-refractivity contribution >= 4 is 23.4 Å². The number of piperidine rings is 1. The highest BCUT2D eigenvalue weighted by Crippen LogP contribution is 2.45. The number of methoxy groups -OCH3 is 1. The highest BCUT2D eigenvalue weighted by atomic mass is 16.5. The van der Waals surface area contributed by atoms with Gasteiger partial charge in [-0.25, -0.2) is 9.97 Å². The third-order valence-electron chi connectivity index (χ3n) is 9.12. The standard InChI is InChI=1S/C35H44N4O5/c1-23(2)24(3)39(32-7-5-6-15-36-32)35(42)29-11-10-28(43-4)20-31(29)38-17-13-25(14-18-38)22-44-33-19-27(12-16-37-33)30(21-34(40)41)26-8-9-26/h5-7,10-12,15-16,19-20,23-26,30H,8-9,13-14,17-18,21-22H2,1-4H3,(H,40,41). The predicted molar refractivity (Wildman–Crippen MR) is 171 cm³/mol. The number of rotatable bonds is 13. The van der Waals surface area contributed by atoms with E-state index in [1.54, 1.807) is 19.5 Å². The number of ether oxygens (including phenoxy) is 2. The molecule has 0 spiro atoms. The SMILES string of the molecule is COc1ccc(C(=O)N(c2ccccn2)C(C)C(C)C)c(N2CCC(COc3cc(C(CC(=O)O)C4CC4)ccn3)CC2)c1. The number of carbonyl (C=O) groups excluding carboxylic acids is 1. The van der Waals surface area contributed by atoms with Crippen molar-refractivity contribution in [3.8, 4) is 11.6 Å². The van der Waals surface area contributed by atoms with E-state index in [1.165, 1.54) is 0 Å². The van der Waals surface area contributed by atoms with Crippen LogP contribution < -0.4 is 19.3 Å². The Morgan fingerprint density at radius 3 is 2.41 bits per heavy atom. The number of carboxylic acid groups (broad SMARTS) is 1. The van der Waals surface area contributed by atoms with Crippen LogP contribution in [-0.4, -0.2) is 59.8 Å². The number of carboxylic acids is 1. The van der Waals surface area contributed by atoms with Crippen LogP contribution in [0.4, 0.5) is 11.5 Å². The van der Waals surface area contributed by atoms with E-state index in [-0.39, 0.29) is 30.2 Å². The average Bonchev–Trinajstić information content (AvgIpc) is 3.89. The number of amides is 1. The lowest BCUT2D eigenvalue weighted by molar-refractivity contribution is -0.137. The van der Waals surface area contributed by atoms with Crippen molar-refractivity contribution in [2.45, 2.75) is 64.8 Å². The Labute approximate surface area is 260 Å². The maximum Gasteiger partial charge on any atom is 0.303 e. The summed E-state index contributed by atoms with van der Waals surface area (Å²) in [5, 5.41) is 9.39. The van der Waals surface area contributed by atoms with Crippen molar-refractivity contribution in [2.24, 2.45) is 17.8 Å². The van der Waals surface area contributed by atoms with Crippen LogP contribution in [0.15, 0.2) is 60.9 Å². The molecule has 3 heterocycles. The molecule has 2 aromatic heterocycles. The molecule has 9 heteroatoms. The summed E-state index contributed by atoms with van der Waals surface area (Å²) in [6.07, 6.45) is 7.54. The quantitative estimate of drug-likeness (QED) is 0.239. The van der Waals surface area contributed by atoms with Crippen LogP contribution in [0.25, 0.3) is 0 Å². The van der Waals surface area contributed by atoms with E-state index in [2.05, 4.69) is 35.6 Å². The van der Waals surface area contributed by atoms with Crippen molar-refractivity contribution in [2.75, 3.05) is 36.6 Å². The second kappa shape index (κ2) is 14.1. The molecule has 1 amide bonds. The topological polar surface area (TPSA) is 105 Å². The number of aliphatic carboxylic acids is 1. The van der Waals surface area contributed by atoms with Crippen molar-refractivity contribution < 1.29 is 24.2 Å². The molecule has 2 unspecified atom stereocenters. The molecule has 1 aliphatic heterocycles. The van der Waals surface area contributed by atoms with Crippen LogP contribution in [0.1, 0.15) is 74.7 Å². The summed E-state index contributed by atoms with van der Waals surface area (Å²) in [6.45, 7) is 8.39. The summed E-state index contributed by atoms with van der Waals surface area (Å²) in [5.74, 6) is 2.08. The maximum atomic E-state index is 14.2. The lowest BCUT2D eigenvalue weighted by Crippen LogP contribution is -2.43. The number of benzene rings is 1. The zero-order valence-electron chi connectivity index (χ0n) is 26.2. The third kappa shape index (κ3) is 7.49. The van der Waals surface area contributed by atoms with Gasteiger partial charge >= 0.3 is 5.97 Å². The summed E-state index contributed by atoms with van der Waals surface area (Å²) in [4.78, 5) is 38.7. The molecule has 3 aromatic rings. The van der Waals surface area contributed by atoms with E-state index in [0.717, 1.165) is 50.0 Å². The molecule has 1 N–H and O–H groups in total. The van der Waals surface area contributed by atoms with Gasteiger partial charge in [0.05, 0.1) is 31.4 Å². The van der Waals surface area contributed by atoms with Crippen molar-refractivity contribution in [1.29, 1.82) is 0 Å². The molecule has 9 nitrogen and oxygen atoms in total. The van der Waals surface area contributed by atoms with Crippen LogP contribution in [-0.2, 0) is 4.79 Å². The Hall–Kier alpha value is -4.14. The Bertz CT molecular complexity index is 1420. The maximum absolute atomic E-state index is 14.2. The number of anilines is 2. The van der Waals surface area contributed by atoms with Crippen LogP contribution >= 0.6 is 0 Å². The molecule has 2 fully saturated rings. The van der Waals surface area contributed by atoms with Crippen LogP contribution in [0.5, 0.6) is 11.6 Å². The van der Waals surface area contributed by atoms with Gasteiger partial charge in [-0.15, -0.1) is 0 Å². The van der Waals surface area contributed by atoms with E-state index in [4.69, 9.17) is 9.47 Å². The fourth-order valence-corrected chi connectivity index (χ4v) is 6.02. The molecule has 2 atom stereocenters. The van der Waals surface area contributed by atoms with E-state index >= 15 is 0 Å². The normalized spacial score (nSPS) is 16.8. The molecule has 2 aliphatic rings. The molecule has 1 saturated carbocycles. The molecule has 1 aliphatic carbocycles. The summed E-state index contributed by atoms with van der Waals surface area (Å²) in [6, 6.07) is 15.1. The summed E-state index contributed by atoms with van der Waals surface area (Å²) >= 11 is 0. The highest BCUT2D eigenvalue weighted by molar-refractivity contribution is 6.09. The fourth-order valence-electron chi connectivity index (χ4n) is 6.02. The van der Waals surface area contributed by atoms with Gasteiger partial charge in [0.2, 0.25) is 5.88 Å². The average molecular weight is 601 g/mol. The molecule has 44 heavy (non-hydrogen) atoms. The zero-order chi connectivity index (χ0) is 31.2. The van der Waals surface area contributed by atoms with Gasteiger partial charge in [0.1, 0.15) is 11.6 Å². The molecule has 5 rings (SSSR count). The van der Waals surface area contributed by atoms with Gasteiger partial charge in [0, 0.05) is 43.7 Å². The second-order valence-electron chi connectivity index (χ2n) is 12.4. The number of carbonyl (C=O) groups is 2. The minimum atomic E-state index is -0.771. The molecule has 0 bridgehead atoms. The molecular weight excluding hydrogens is 556 g/mol.